The van der Waals surface area contributed by atoms with Gasteiger partial charge in [0.1, 0.15) is 0 Å². The van der Waals surface area contributed by atoms with Crippen molar-refractivity contribution in [3.8, 4) is 0 Å². The van der Waals surface area contributed by atoms with E-state index < -0.39 is 3.75 Å². The molecule has 0 saturated heterocycles. The first kappa shape index (κ1) is 6.54. The van der Waals surface area contributed by atoms with Gasteiger partial charge in [-0.15, -0.1) is 0 Å². The summed E-state index contributed by atoms with van der Waals surface area (Å²) in [4.78, 5) is 0. The molecule has 5 heteroatoms. The first-order chi connectivity index (χ1) is 2.00. The molecule has 0 amide bonds. The summed E-state index contributed by atoms with van der Waals surface area (Å²) in [6.45, 7) is 0. The second-order valence-electron chi connectivity index (χ2n) is 0.399. The molecule has 0 rings (SSSR count). The molecule has 0 aliphatic rings. The highest BCUT2D eigenvalue weighted by atomic mass is 79.9. The van der Waals surface area contributed by atoms with Crippen molar-refractivity contribution in [2.24, 2.45) is 0 Å². The Labute approximate surface area is 50.7 Å². The van der Waals surface area contributed by atoms with Crippen molar-refractivity contribution in [1.29, 1.82) is 0 Å². The minimum absolute atomic E-state index is 2.55. The first-order valence-corrected chi connectivity index (χ1v) is 7.42. The van der Waals surface area contributed by atoms with Gasteiger partial charge in [-0.1, -0.05) is 0 Å². The van der Waals surface area contributed by atoms with E-state index in [4.69, 9.17) is 0 Å². The maximum atomic E-state index is 11.4. The van der Waals surface area contributed by atoms with E-state index in [1.807, 2.05) is 0 Å². The molecular weight excluding hydrogens is 242 g/mol. The molecule has 0 spiro atoms. The molecule has 0 unspecified atom stereocenters. The zero-order valence-electron chi connectivity index (χ0n) is 1.99. The molecule has 0 fully saturated rings. The Morgan fingerprint density at radius 1 is 1.60 bits per heavy atom. The van der Waals surface area contributed by atoms with Crippen LogP contribution in [-0.2, 0) is 11.8 Å². The van der Waals surface area contributed by atoms with Crippen molar-refractivity contribution >= 4 is 46.5 Å². The third kappa shape index (κ3) is 29.3. The number of rotatable bonds is 0. The van der Waals surface area contributed by atoms with E-state index in [1.54, 1.807) is 0 Å². The van der Waals surface area contributed by atoms with Gasteiger partial charge in [-0.05, 0) is 42.8 Å². The fourth-order valence-electron chi connectivity index (χ4n) is 0. The van der Waals surface area contributed by atoms with Crippen LogP contribution in [0.5, 0.6) is 0 Å². The molecule has 0 bridgehead atoms. The molecule has 0 aromatic heterocycles. The zero-order valence-corrected chi connectivity index (χ0v) is 6.87. The van der Waals surface area contributed by atoms with Crippen LogP contribution in [-0.4, -0.2) is 0 Å². The SMILES string of the molecule is FP(=S)(Br)Br. The smallest absolute Gasteiger partial charge is 0.193 e. The van der Waals surface area contributed by atoms with Gasteiger partial charge in [-0.25, -0.2) is 0 Å². The van der Waals surface area contributed by atoms with Crippen LogP contribution in [0.1, 0.15) is 0 Å². The average molecular weight is 242 g/mol. The highest BCUT2D eigenvalue weighted by Gasteiger charge is 1.97. The Bertz CT molecular complexity index is 55.8. The van der Waals surface area contributed by atoms with Crippen LogP contribution in [0.25, 0.3) is 0 Å². The first-order valence-electron chi connectivity index (χ1n) is 0.690. The molecule has 0 atom stereocenters. The molecule has 0 radical (unpaired) electrons. The van der Waals surface area contributed by atoms with Gasteiger partial charge >= 0.3 is 0 Å². The summed E-state index contributed by atoms with van der Waals surface area (Å²) in [7, 11) is 0. The molecular formula is Br2FPS. The molecule has 32 valence electrons. The summed E-state index contributed by atoms with van der Waals surface area (Å²) in [6.07, 6.45) is 0. The number of hydrogen-bond acceptors (Lipinski definition) is 1. The lowest BCUT2D eigenvalue weighted by Crippen LogP contribution is -1.18. The van der Waals surface area contributed by atoms with Crippen molar-refractivity contribution in [2.45, 2.75) is 0 Å². The topological polar surface area (TPSA) is 0 Å². The maximum Gasteiger partial charge on any atom is 0.236 e. The second-order valence-corrected chi connectivity index (χ2v) is 14.2. The van der Waals surface area contributed by atoms with E-state index in [-0.39, 0.29) is 0 Å². The molecule has 0 aliphatic heterocycles. The Morgan fingerprint density at radius 2 is 1.60 bits per heavy atom. The van der Waals surface area contributed by atoms with Gasteiger partial charge in [-0.3, -0.25) is 0 Å². The number of halogens is 3. The van der Waals surface area contributed by atoms with Crippen LogP contribution in [0, 0.1) is 0 Å². The second kappa shape index (κ2) is 2.01. The van der Waals surface area contributed by atoms with E-state index in [1.165, 1.54) is 0 Å². The average Bonchev–Trinajstić information content (AvgIpc) is 0.722. The van der Waals surface area contributed by atoms with Gasteiger partial charge in [0.25, 0.3) is 0 Å². The Kier molecular flexibility index (Phi) is 2.63. The Hall–Kier alpha value is 1.54. The van der Waals surface area contributed by atoms with Crippen LogP contribution in [0.2, 0.25) is 0 Å². The van der Waals surface area contributed by atoms with Gasteiger partial charge in [0, 0.05) is 0 Å². The van der Waals surface area contributed by atoms with E-state index in [9.17, 15) is 4.20 Å². The molecule has 0 nitrogen and oxygen atoms in total. The van der Waals surface area contributed by atoms with Crippen LogP contribution in [0.3, 0.4) is 0 Å². The molecule has 0 aliphatic carbocycles. The monoisotopic (exact) mass is 240 g/mol. The quantitative estimate of drug-likeness (QED) is 0.588. The lowest BCUT2D eigenvalue weighted by atomic mass is 18.9. The maximum absolute atomic E-state index is 11.4. The highest BCUT2D eigenvalue weighted by Crippen LogP contribution is 2.63. The minimum Gasteiger partial charge on any atom is -0.193 e. The summed E-state index contributed by atoms with van der Waals surface area (Å²) in [5.41, 5.74) is 0. The molecule has 0 aromatic carbocycles. The van der Waals surface area contributed by atoms with E-state index in [0.717, 1.165) is 0 Å². The molecule has 0 N–H and O–H groups in total. The van der Waals surface area contributed by atoms with E-state index >= 15 is 0 Å². The van der Waals surface area contributed by atoms with E-state index in [2.05, 4.69) is 42.8 Å². The fraction of sp³-hybridized carbons (Fsp3) is 0. The van der Waals surface area contributed by atoms with Crippen LogP contribution in [0.15, 0.2) is 0 Å². The van der Waals surface area contributed by atoms with Gasteiger partial charge in [-0.2, -0.15) is 4.20 Å². The summed E-state index contributed by atoms with van der Waals surface area (Å²) in [5, 5.41) is 0. The van der Waals surface area contributed by atoms with Crippen molar-refractivity contribution in [2.75, 3.05) is 0 Å². The lowest BCUT2D eigenvalue weighted by Gasteiger charge is -1.79. The van der Waals surface area contributed by atoms with Gasteiger partial charge < -0.3 is 0 Å². The van der Waals surface area contributed by atoms with Crippen LogP contribution < -0.4 is 0 Å². The van der Waals surface area contributed by atoms with Crippen molar-refractivity contribution in [1.82, 2.24) is 0 Å². The van der Waals surface area contributed by atoms with Gasteiger partial charge in [0.15, 0.2) is 0 Å². The summed E-state index contributed by atoms with van der Waals surface area (Å²) in [6, 6.07) is 0. The molecule has 0 heterocycles. The zero-order chi connectivity index (χ0) is 4.50. The van der Waals surface area contributed by atoms with Crippen molar-refractivity contribution < 1.29 is 4.20 Å². The Balaban J connectivity index is 3.47. The predicted molar refractivity (Wildman–Crippen MR) is 33.2 cm³/mol. The van der Waals surface area contributed by atoms with Crippen LogP contribution in [0.4, 0.5) is 4.20 Å². The number of hydrogen-bond donors (Lipinski definition) is 0. The van der Waals surface area contributed by atoms with Crippen molar-refractivity contribution in [3.05, 3.63) is 0 Å². The summed E-state index contributed by atoms with van der Waals surface area (Å²) in [5.74, 6) is 0. The molecule has 0 saturated carbocycles. The summed E-state index contributed by atoms with van der Waals surface area (Å²) >= 11 is 9.21. The minimum atomic E-state index is -2.68. The Morgan fingerprint density at radius 3 is 1.60 bits per heavy atom. The standard InChI is InChI=1S/Br2FPS/c1-4(2,3)5. The van der Waals surface area contributed by atoms with Crippen molar-refractivity contribution in [3.63, 3.8) is 0 Å². The van der Waals surface area contributed by atoms with Gasteiger partial charge in [0.2, 0.25) is 3.75 Å². The molecule has 0 aromatic rings. The fourth-order valence-corrected chi connectivity index (χ4v) is 0. The van der Waals surface area contributed by atoms with E-state index in [0.29, 0.717) is 0 Å². The molecule has 5 heavy (non-hydrogen) atoms. The predicted octanol–water partition coefficient (Wildman–Crippen LogP) is 2.97. The lowest BCUT2D eigenvalue weighted by molar-refractivity contribution is 0.931. The van der Waals surface area contributed by atoms with Gasteiger partial charge in [0.05, 0.1) is 0 Å². The summed E-state index contributed by atoms with van der Waals surface area (Å²) < 4.78 is 8.77. The highest BCUT2D eigenvalue weighted by molar-refractivity contribution is 9.73. The largest absolute Gasteiger partial charge is 0.236 e. The third-order valence-corrected chi connectivity index (χ3v) is 0. The third-order valence-electron chi connectivity index (χ3n) is 0. The normalized spacial score (nSPS) is 11.8. The van der Waals surface area contributed by atoms with Crippen LogP contribution >= 0.6 is 34.7 Å².